The van der Waals surface area contributed by atoms with Gasteiger partial charge in [-0.25, -0.2) is 0 Å². The monoisotopic (exact) mass is 208 g/mol. The smallest absolute Gasteiger partial charge is 0.119 e. The van der Waals surface area contributed by atoms with Crippen LogP contribution >= 0.6 is 0 Å². The third kappa shape index (κ3) is 4.34. The predicted octanol–water partition coefficient (Wildman–Crippen LogP) is 2.79. The minimum atomic E-state index is -0.143. The van der Waals surface area contributed by atoms with Crippen LogP contribution in [0.1, 0.15) is 31.7 Å². The van der Waals surface area contributed by atoms with E-state index in [0.29, 0.717) is 0 Å². The molecule has 0 spiro atoms. The molecule has 1 atom stereocenters. The van der Waals surface area contributed by atoms with Crippen LogP contribution in [0.15, 0.2) is 24.3 Å². The SMILES string of the molecule is CCC(O)CCCc1cccc(OC)c1. The summed E-state index contributed by atoms with van der Waals surface area (Å²) in [5, 5.41) is 9.41. The summed E-state index contributed by atoms with van der Waals surface area (Å²) >= 11 is 0. The lowest BCUT2D eigenvalue weighted by atomic mass is 10.0. The lowest BCUT2D eigenvalue weighted by Gasteiger charge is -2.07. The predicted molar refractivity (Wildman–Crippen MR) is 62.2 cm³/mol. The Balaban J connectivity index is 2.37. The lowest BCUT2D eigenvalue weighted by molar-refractivity contribution is 0.158. The standard InChI is InChI=1S/C13H20O2/c1-3-12(14)8-4-6-11-7-5-9-13(10-11)15-2/h5,7,9-10,12,14H,3-4,6,8H2,1-2H3. The first kappa shape index (κ1) is 12.1. The van der Waals surface area contributed by atoms with Crippen molar-refractivity contribution >= 4 is 0 Å². The van der Waals surface area contributed by atoms with Gasteiger partial charge in [-0.2, -0.15) is 0 Å². The Labute approximate surface area is 91.9 Å². The van der Waals surface area contributed by atoms with Crippen molar-refractivity contribution in [1.82, 2.24) is 0 Å². The zero-order valence-corrected chi connectivity index (χ0v) is 9.57. The highest BCUT2D eigenvalue weighted by molar-refractivity contribution is 5.28. The van der Waals surface area contributed by atoms with Gasteiger partial charge in [0.25, 0.3) is 0 Å². The second-order valence-corrected chi connectivity index (χ2v) is 3.81. The van der Waals surface area contributed by atoms with E-state index in [1.807, 2.05) is 19.1 Å². The molecular formula is C13H20O2. The number of aliphatic hydroxyl groups excluding tert-OH is 1. The highest BCUT2D eigenvalue weighted by Crippen LogP contribution is 2.15. The van der Waals surface area contributed by atoms with Gasteiger partial charge in [-0.05, 0) is 43.4 Å². The average Bonchev–Trinajstić information content (AvgIpc) is 2.29. The Kier molecular flexibility index (Phi) is 5.19. The molecule has 1 rings (SSSR count). The molecule has 0 fully saturated rings. The first-order valence-electron chi connectivity index (χ1n) is 5.57. The van der Waals surface area contributed by atoms with Crippen molar-refractivity contribution in [3.63, 3.8) is 0 Å². The number of rotatable bonds is 6. The summed E-state index contributed by atoms with van der Waals surface area (Å²) in [5.41, 5.74) is 1.28. The summed E-state index contributed by atoms with van der Waals surface area (Å²) in [5.74, 6) is 0.906. The van der Waals surface area contributed by atoms with E-state index in [1.54, 1.807) is 7.11 Å². The van der Waals surface area contributed by atoms with Gasteiger partial charge in [0.1, 0.15) is 5.75 Å². The molecule has 1 aromatic carbocycles. The normalized spacial score (nSPS) is 12.5. The van der Waals surface area contributed by atoms with E-state index in [4.69, 9.17) is 4.74 Å². The van der Waals surface area contributed by atoms with E-state index in [-0.39, 0.29) is 6.10 Å². The average molecular weight is 208 g/mol. The van der Waals surface area contributed by atoms with Gasteiger partial charge in [-0.1, -0.05) is 19.1 Å². The highest BCUT2D eigenvalue weighted by Gasteiger charge is 2.01. The van der Waals surface area contributed by atoms with Gasteiger partial charge < -0.3 is 9.84 Å². The van der Waals surface area contributed by atoms with Gasteiger partial charge in [-0.3, -0.25) is 0 Å². The van der Waals surface area contributed by atoms with Crippen LogP contribution < -0.4 is 4.74 Å². The minimum Gasteiger partial charge on any atom is -0.497 e. The molecule has 0 aliphatic rings. The van der Waals surface area contributed by atoms with Gasteiger partial charge in [0, 0.05) is 0 Å². The molecule has 15 heavy (non-hydrogen) atoms. The molecule has 0 heterocycles. The van der Waals surface area contributed by atoms with Crippen LogP contribution in [0.2, 0.25) is 0 Å². The van der Waals surface area contributed by atoms with Gasteiger partial charge in [0.05, 0.1) is 13.2 Å². The Morgan fingerprint density at radius 1 is 1.40 bits per heavy atom. The Bertz CT molecular complexity index is 284. The molecule has 1 unspecified atom stereocenters. The van der Waals surface area contributed by atoms with Crippen LogP contribution in [0.5, 0.6) is 5.75 Å². The number of hydrogen-bond acceptors (Lipinski definition) is 2. The Hall–Kier alpha value is -1.02. The first-order valence-corrected chi connectivity index (χ1v) is 5.57. The van der Waals surface area contributed by atoms with E-state index in [1.165, 1.54) is 5.56 Å². The molecule has 2 nitrogen and oxygen atoms in total. The fraction of sp³-hybridized carbons (Fsp3) is 0.538. The molecule has 0 saturated heterocycles. The zero-order valence-electron chi connectivity index (χ0n) is 9.57. The fourth-order valence-electron chi connectivity index (χ4n) is 1.57. The van der Waals surface area contributed by atoms with Crippen molar-refractivity contribution in [3.8, 4) is 5.75 Å². The molecule has 0 amide bonds. The molecule has 0 aliphatic heterocycles. The van der Waals surface area contributed by atoms with Crippen LogP contribution in [0.4, 0.5) is 0 Å². The van der Waals surface area contributed by atoms with Gasteiger partial charge in [-0.15, -0.1) is 0 Å². The Morgan fingerprint density at radius 2 is 2.20 bits per heavy atom. The Morgan fingerprint density at radius 3 is 2.87 bits per heavy atom. The van der Waals surface area contributed by atoms with E-state index in [9.17, 15) is 5.11 Å². The van der Waals surface area contributed by atoms with Crippen LogP contribution in [0, 0.1) is 0 Å². The van der Waals surface area contributed by atoms with Crippen molar-refractivity contribution in [2.45, 2.75) is 38.7 Å². The third-order valence-electron chi connectivity index (χ3n) is 2.61. The maximum Gasteiger partial charge on any atom is 0.119 e. The quantitative estimate of drug-likeness (QED) is 0.779. The van der Waals surface area contributed by atoms with E-state index in [2.05, 4.69) is 12.1 Å². The van der Waals surface area contributed by atoms with Gasteiger partial charge in [0.2, 0.25) is 0 Å². The van der Waals surface area contributed by atoms with Crippen molar-refractivity contribution < 1.29 is 9.84 Å². The van der Waals surface area contributed by atoms with Crippen LogP contribution in [-0.4, -0.2) is 18.3 Å². The summed E-state index contributed by atoms with van der Waals surface area (Å²) in [7, 11) is 1.68. The number of methoxy groups -OCH3 is 1. The molecule has 0 bridgehead atoms. The third-order valence-corrected chi connectivity index (χ3v) is 2.61. The summed E-state index contributed by atoms with van der Waals surface area (Å²) in [6.45, 7) is 2.01. The number of hydrogen-bond donors (Lipinski definition) is 1. The van der Waals surface area contributed by atoms with E-state index in [0.717, 1.165) is 31.4 Å². The lowest BCUT2D eigenvalue weighted by Crippen LogP contribution is -2.04. The number of ether oxygens (including phenoxy) is 1. The number of aliphatic hydroxyl groups is 1. The van der Waals surface area contributed by atoms with Crippen molar-refractivity contribution in [3.05, 3.63) is 29.8 Å². The molecule has 0 radical (unpaired) electrons. The van der Waals surface area contributed by atoms with Crippen molar-refractivity contribution in [1.29, 1.82) is 0 Å². The topological polar surface area (TPSA) is 29.5 Å². The molecule has 2 heteroatoms. The molecule has 0 aliphatic carbocycles. The molecule has 0 saturated carbocycles. The summed E-state index contributed by atoms with van der Waals surface area (Å²) in [4.78, 5) is 0. The largest absolute Gasteiger partial charge is 0.497 e. The first-order chi connectivity index (χ1) is 7.26. The van der Waals surface area contributed by atoms with Crippen LogP contribution in [0.3, 0.4) is 0 Å². The molecule has 0 aromatic heterocycles. The van der Waals surface area contributed by atoms with E-state index < -0.39 is 0 Å². The number of benzene rings is 1. The highest BCUT2D eigenvalue weighted by atomic mass is 16.5. The van der Waals surface area contributed by atoms with Crippen molar-refractivity contribution in [2.24, 2.45) is 0 Å². The summed E-state index contributed by atoms with van der Waals surface area (Å²) in [6, 6.07) is 8.11. The molecule has 1 N–H and O–H groups in total. The molecule has 84 valence electrons. The number of aryl methyl sites for hydroxylation is 1. The fourth-order valence-corrected chi connectivity index (χ4v) is 1.57. The van der Waals surface area contributed by atoms with Gasteiger partial charge in [0.15, 0.2) is 0 Å². The maximum absolute atomic E-state index is 9.41. The summed E-state index contributed by atoms with van der Waals surface area (Å²) < 4.78 is 5.15. The van der Waals surface area contributed by atoms with Crippen LogP contribution in [-0.2, 0) is 6.42 Å². The second kappa shape index (κ2) is 6.46. The molecule has 1 aromatic rings. The van der Waals surface area contributed by atoms with Crippen molar-refractivity contribution in [2.75, 3.05) is 7.11 Å². The molecular weight excluding hydrogens is 188 g/mol. The van der Waals surface area contributed by atoms with Crippen LogP contribution in [0.25, 0.3) is 0 Å². The minimum absolute atomic E-state index is 0.143. The summed E-state index contributed by atoms with van der Waals surface area (Å²) in [6.07, 6.45) is 3.62. The maximum atomic E-state index is 9.41. The van der Waals surface area contributed by atoms with E-state index >= 15 is 0 Å². The van der Waals surface area contributed by atoms with Gasteiger partial charge >= 0.3 is 0 Å². The zero-order chi connectivity index (χ0) is 11.1. The second-order valence-electron chi connectivity index (χ2n) is 3.81.